The van der Waals surface area contributed by atoms with E-state index >= 15 is 0 Å². The first-order chi connectivity index (χ1) is 11.4. The summed E-state index contributed by atoms with van der Waals surface area (Å²) >= 11 is 0. The minimum atomic E-state index is -3.83. The highest BCUT2D eigenvalue weighted by molar-refractivity contribution is 7.89. The molecule has 3 rings (SSSR count). The van der Waals surface area contributed by atoms with E-state index in [2.05, 4.69) is 9.97 Å². The fourth-order valence-corrected chi connectivity index (χ4v) is 2.71. The van der Waals surface area contributed by atoms with Crippen LogP contribution < -0.4 is 5.14 Å². The van der Waals surface area contributed by atoms with Crippen molar-refractivity contribution in [1.82, 2.24) is 14.5 Å². The summed E-state index contributed by atoms with van der Waals surface area (Å²) in [4.78, 5) is 7.85. The third-order valence-electron chi connectivity index (χ3n) is 3.31. The first kappa shape index (κ1) is 16.2. The summed E-state index contributed by atoms with van der Waals surface area (Å²) in [5, 5.41) is 5.06. The van der Waals surface area contributed by atoms with Gasteiger partial charge in [-0.05, 0) is 36.4 Å². The van der Waals surface area contributed by atoms with Gasteiger partial charge >= 0.3 is 0 Å². The van der Waals surface area contributed by atoms with Crippen molar-refractivity contribution in [3.63, 3.8) is 0 Å². The number of hydrogen-bond acceptors (Lipinski definition) is 4. The molecule has 0 fully saturated rings. The molecule has 0 saturated carbocycles. The maximum Gasteiger partial charge on any atom is 0.281 e. The van der Waals surface area contributed by atoms with Crippen LogP contribution in [-0.2, 0) is 10.0 Å². The molecule has 2 N–H and O–H groups in total. The lowest BCUT2D eigenvalue weighted by molar-refractivity contribution is 0.146. The van der Waals surface area contributed by atoms with Gasteiger partial charge in [-0.2, -0.15) is 0 Å². The van der Waals surface area contributed by atoms with Crippen molar-refractivity contribution in [3.8, 4) is 17.1 Å². The molecule has 2 aromatic heterocycles. The van der Waals surface area contributed by atoms with Crippen molar-refractivity contribution >= 4 is 10.0 Å². The molecule has 0 aliphatic heterocycles. The Morgan fingerprint density at radius 1 is 1.12 bits per heavy atom. The van der Waals surface area contributed by atoms with Crippen LogP contribution in [0.25, 0.3) is 17.1 Å². The van der Waals surface area contributed by atoms with E-state index in [0.717, 1.165) is 0 Å². The Morgan fingerprint density at radius 2 is 1.83 bits per heavy atom. The van der Waals surface area contributed by atoms with Crippen molar-refractivity contribution < 1.29 is 17.2 Å². The maximum atomic E-state index is 13.0. The Morgan fingerprint density at radius 3 is 2.38 bits per heavy atom. The van der Waals surface area contributed by atoms with Crippen molar-refractivity contribution in [2.45, 2.75) is 11.3 Å². The second-order valence-corrected chi connectivity index (χ2v) is 6.50. The molecule has 6 nitrogen and oxygen atoms in total. The Labute approximate surface area is 136 Å². The number of sulfonamides is 1. The summed E-state index contributed by atoms with van der Waals surface area (Å²) in [5.41, 5.74) is 0.643. The predicted octanol–water partition coefficient (Wildman–Crippen LogP) is 2.52. The zero-order valence-electron chi connectivity index (χ0n) is 12.2. The van der Waals surface area contributed by atoms with Gasteiger partial charge in [-0.1, -0.05) is 0 Å². The Bertz CT molecular complexity index is 955. The van der Waals surface area contributed by atoms with Crippen molar-refractivity contribution in [2.24, 2.45) is 5.14 Å². The van der Waals surface area contributed by atoms with E-state index in [1.807, 2.05) is 0 Å². The number of hydrogen-bond donors (Lipinski definition) is 1. The molecule has 1 aromatic carbocycles. The number of benzene rings is 1. The van der Waals surface area contributed by atoms with Crippen molar-refractivity contribution in [1.29, 1.82) is 0 Å². The Hall–Kier alpha value is -2.65. The molecular formula is C15H12F2N4O2S. The van der Waals surface area contributed by atoms with E-state index in [-0.39, 0.29) is 16.4 Å². The van der Waals surface area contributed by atoms with Gasteiger partial charge in [0.15, 0.2) is 0 Å². The topological polar surface area (TPSA) is 90.9 Å². The lowest BCUT2D eigenvalue weighted by Gasteiger charge is -2.08. The quantitative estimate of drug-likeness (QED) is 0.783. The van der Waals surface area contributed by atoms with Gasteiger partial charge < -0.3 is 0 Å². The van der Waals surface area contributed by atoms with Crippen LogP contribution in [-0.4, -0.2) is 23.0 Å². The van der Waals surface area contributed by atoms with Crippen LogP contribution in [0.5, 0.6) is 0 Å². The Kier molecular flexibility index (Phi) is 4.12. The van der Waals surface area contributed by atoms with E-state index in [1.54, 1.807) is 18.3 Å². The molecule has 9 heteroatoms. The number of alkyl halides is 2. The van der Waals surface area contributed by atoms with Crippen LogP contribution >= 0.6 is 0 Å². The predicted molar refractivity (Wildman–Crippen MR) is 83.1 cm³/mol. The van der Waals surface area contributed by atoms with Crippen molar-refractivity contribution in [2.75, 3.05) is 0 Å². The molecule has 0 unspecified atom stereocenters. The second kappa shape index (κ2) is 6.10. The second-order valence-electron chi connectivity index (χ2n) is 4.94. The summed E-state index contributed by atoms with van der Waals surface area (Å²) < 4.78 is 50.1. The molecule has 3 aromatic rings. The first-order valence-corrected chi connectivity index (χ1v) is 8.32. The molecule has 0 aliphatic carbocycles. The van der Waals surface area contributed by atoms with Gasteiger partial charge in [-0.25, -0.2) is 27.3 Å². The molecule has 0 saturated heterocycles. The number of primary sulfonamides is 1. The van der Waals surface area contributed by atoms with Crippen LogP contribution in [0.1, 0.15) is 12.1 Å². The monoisotopic (exact) mass is 350 g/mol. The van der Waals surface area contributed by atoms with E-state index in [0.29, 0.717) is 11.3 Å². The fourth-order valence-electron chi connectivity index (χ4n) is 2.20. The van der Waals surface area contributed by atoms with Gasteiger partial charge in [-0.15, -0.1) is 0 Å². The van der Waals surface area contributed by atoms with E-state index < -0.39 is 16.4 Å². The van der Waals surface area contributed by atoms with Gasteiger partial charge in [0.05, 0.1) is 4.90 Å². The minimum Gasteiger partial charge on any atom is -0.299 e. The average molecular weight is 350 g/mol. The first-order valence-electron chi connectivity index (χ1n) is 6.77. The smallest absolute Gasteiger partial charge is 0.281 e. The molecular weight excluding hydrogens is 338 g/mol. The molecule has 124 valence electrons. The summed E-state index contributed by atoms with van der Waals surface area (Å²) in [6, 6.07) is 8.91. The SMILES string of the molecule is NS(=O)(=O)c1ccc(-n2cc(C(F)F)nc2-c2cccnc2)cc1. The van der Waals surface area contributed by atoms with E-state index in [1.165, 1.54) is 41.2 Å². The minimum absolute atomic E-state index is 0.0663. The third kappa shape index (κ3) is 3.17. The van der Waals surface area contributed by atoms with Crippen molar-refractivity contribution in [3.05, 3.63) is 60.7 Å². The highest BCUT2D eigenvalue weighted by Crippen LogP contribution is 2.27. The molecule has 0 radical (unpaired) electrons. The van der Waals surface area contributed by atoms with E-state index in [9.17, 15) is 17.2 Å². The standard InChI is InChI=1S/C15H12F2N4O2S/c16-14(17)13-9-21(15(20-13)10-2-1-7-19-8-10)11-3-5-12(6-4-11)24(18,22)23/h1-9,14H,(H2,18,22,23). The number of pyridine rings is 1. The van der Waals surface area contributed by atoms with Gasteiger partial charge in [0.2, 0.25) is 10.0 Å². The molecule has 0 amide bonds. The number of nitrogens with two attached hydrogens (primary N) is 1. The van der Waals surface area contributed by atoms with Crippen LogP contribution in [0.4, 0.5) is 8.78 Å². The number of rotatable bonds is 4. The van der Waals surface area contributed by atoms with Crippen LogP contribution in [0.2, 0.25) is 0 Å². The molecule has 24 heavy (non-hydrogen) atoms. The third-order valence-corrected chi connectivity index (χ3v) is 4.24. The van der Waals surface area contributed by atoms with Gasteiger partial charge in [0.25, 0.3) is 6.43 Å². The van der Waals surface area contributed by atoms with Crippen LogP contribution in [0, 0.1) is 0 Å². The van der Waals surface area contributed by atoms with E-state index in [4.69, 9.17) is 5.14 Å². The van der Waals surface area contributed by atoms with Crippen LogP contribution in [0.3, 0.4) is 0 Å². The molecule has 0 atom stereocenters. The average Bonchev–Trinajstić information content (AvgIpc) is 3.00. The largest absolute Gasteiger partial charge is 0.299 e. The van der Waals surface area contributed by atoms with Gasteiger partial charge in [0, 0.05) is 29.8 Å². The van der Waals surface area contributed by atoms with Gasteiger partial charge in [0.1, 0.15) is 11.5 Å². The number of aromatic nitrogens is 3. The summed E-state index contributed by atoms with van der Waals surface area (Å²) in [7, 11) is -3.83. The number of imidazole rings is 1. The zero-order chi connectivity index (χ0) is 17.3. The highest BCUT2D eigenvalue weighted by Gasteiger charge is 2.18. The molecule has 0 spiro atoms. The van der Waals surface area contributed by atoms with Gasteiger partial charge in [-0.3, -0.25) is 9.55 Å². The lowest BCUT2D eigenvalue weighted by Crippen LogP contribution is -2.12. The zero-order valence-corrected chi connectivity index (χ0v) is 13.0. The van der Waals surface area contributed by atoms with Crippen LogP contribution in [0.15, 0.2) is 59.9 Å². The summed E-state index contributed by atoms with van der Waals surface area (Å²) in [6.45, 7) is 0. The summed E-state index contributed by atoms with van der Waals surface area (Å²) in [6.07, 6.45) is 1.54. The normalized spacial score (nSPS) is 11.8. The highest BCUT2D eigenvalue weighted by atomic mass is 32.2. The summed E-state index contributed by atoms with van der Waals surface area (Å²) in [5.74, 6) is 0.279. The lowest BCUT2D eigenvalue weighted by atomic mass is 10.2. The Balaban J connectivity index is 2.13. The molecule has 0 bridgehead atoms. The maximum absolute atomic E-state index is 13.0. The molecule has 2 heterocycles. The number of nitrogens with zero attached hydrogens (tertiary/aromatic N) is 3. The molecule has 0 aliphatic rings. The number of halogens is 2. The fraction of sp³-hybridized carbons (Fsp3) is 0.0667.